The fourth-order valence-corrected chi connectivity index (χ4v) is 2.52. The van der Waals surface area contributed by atoms with Crippen molar-refractivity contribution >= 4 is 5.91 Å². The largest absolute Gasteiger partial charge is 0.339 e. The Morgan fingerprint density at radius 1 is 1.33 bits per heavy atom. The van der Waals surface area contributed by atoms with Gasteiger partial charge in [0.25, 0.3) is 5.91 Å². The Morgan fingerprint density at radius 3 is 2.71 bits per heavy atom. The van der Waals surface area contributed by atoms with Gasteiger partial charge in [0.15, 0.2) is 0 Å². The average Bonchev–Trinajstić information content (AvgIpc) is 3.01. The fourth-order valence-electron chi connectivity index (χ4n) is 2.52. The molecule has 1 aliphatic heterocycles. The van der Waals surface area contributed by atoms with Crippen LogP contribution in [0.4, 0.5) is 4.39 Å². The van der Waals surface area contributed by atoms with E-state index in [9.17, 15) is 9.18 Å². The summed E-state index contributed by atoms with van der Waals surface area (Å²) in [6.07, 6.45) is 4.82. The van der Waals surface area contributed by atoms with Crippen molar-refractivity contribution in [3.8, 4) is 5.69 Å². The lowest BCUT2D eigenvalue weighted by atomic mass is 10.0. The van der Waals surface area contributed by atoms with Gasteiger partial charge in [-0.25, -0.2) is 9.07 Å². The highest BCUT2D eigenvalue weighted by atomic mass is 19.1. The second-order valence-electron chi connectivity index (χ2n) is 5.25. The summed E-state index contributed by atoms with van der Waals surface area (Å²) in [5.41, 5.74) is 6.52. The summed E-state index contributed by atoms with van der Waals surface area (Å²) in [5, 5.41) is 3.99. The number of likely N-dealkylation sites (tertiary alicyclic amines) is 1. The predicted molar refractivity (Wildman–Crippen MR) is 76.6 cm³/mol. The predicted octanol–water partition coefficient (Wildman–Crippen LogP) is 1.57. The first kappa shape index (κ1) is 13.8. The van der Waals surface area contributed by atoms with Gasteiger partial charge in [0.2, 0.25) is 0 Å². The Bertz CT molecular complexity index is 633. The van der Waals surface area contributed by atoms with Crippen LogP contribution in [-0.4, -0.2) is 39.7 Å². The summed E-state index contributed by atoms with van der Waals surface area (Å²) >= 11 is 0. The zero-order chi connectivity index (χ0) is 14.8. The molecule has 0 bridgehead atoms. The number of carbonyl (C=O) groups excluding carboxylic acids is 1. The number of aromatic nitrogens is 2. The molecule has 0 spiro atoms. The van der Waals surface area contributed by atoms with Gasteiger partial charge >= 0.3 is 0 Å². The number of halogens is 1. The number of piperidine rings is 1. The van der Waals surface area contributed by atoms with E-state index < -0.39 is 5.82 Å². The molecule has 2 N–H and O–H groups in total. The molecule has 3 rings (SSSR count). The molecule has 1 aliphatic rings. The molecule has 0 saturated carbocycles. The molecular weight excluding hydrogens is 271 g/mol. The minimum Gasteiger partial charge on any atom is -0.339 e. The third kappa shape index (κ3) is 2.80. The van der Waals surface area contributed by atoms with Crippen LogP contribution >= 0.6 is 0 Å². The van der Waals surface area contributed by atoms with Gasteiger partial charge in [0, 0.05) is 37.1 Å². The second-order valence-corrected chi connectivity index (χ2v) is 5.25. The average molecular weight is 288 g/mol. The molecule has 1 aromatic carbocycles. The Hall–Kier alpha value is -2.21. The molecule has 6 heteroatoms. The first-order valence-electron chi connectivity index (χ1n) is 6.99. The molecule has 0 aliphatic carbocycles. The van der Waals surface area contributed by atoms with E-state index >= 15 is 0 Å². The van der Waals surface area contributed by atoms with E-state index in [0.717, 1.165) is 12.8 Å². The van der Waals surface area contributed by atoms with Gasteiger partial charge < -0.3 is 10.6 Å². The Labute approximate surface area is 122 Å². The lowest BCUT2D eigenvalue weighted by molar-refractivity contribution is 0.0714. The molecule has 1 saturated heterocycles. The molecule has 0 unspecified atom stereocenters. The van der Waals surface area contributed by atoms with E-state index in [0.29, 0.717) is 24.3 Å². The topological polar surface area (TPSA) is 64.2 Å². The first-order valence-corrected chi connectivity index (χ1v) is 6.99. The number of hydrogen-bond donors (Lipinski definition) is 1. The van der Waals surface area contributed by atoms with Crippen molar-refractivity contribution < 1.29 is 9.18 Å². The highest BCUT2D eigenvalue weighted by Crippen LogP contribution is 2.17. The summed E-state index contributed by atoms with van der Waals surface area (Å²) < 4.78 is 15.6. The van der Waals surface area contributed by atoms with Crippen molar-refractivity contribution in [3.63, 3.8) is 0 Å². The zero-order valence-electron chi connectivity index (χ0n) is 11.6. The lowest BCUT2D eigenvalue weighted by Crippen LogP contribution is -2.42. The Morgan fingerprint density at radius 2 is 2.10 bits per heavy atom. The minimum atomic E-state index is -0.460. The van der Waals surface area contributed by atoms with E-state index in [1.165, 1.54) is 10.7 Å². The smallest absolute Gasteiger partial charge is 0.253 e. The van der Waals surface area contributed by atoms with Crippen LogP contribution < -0.4 is 5.73 Å². The summed E-state index contributed by atoms with van der Waals surface area (Å²) in [5.74, 6) is -0.605. The molecule has 2 aromatic rings. The van der Waals surface area contributed by atoms with E-state index in [4.69, 9.17) is 5.73 Å². The third-order valence-corrected chi connectivity index (χ3v) is 3.77. The molecule has 1 amide bonds. The van der Waals surface area contributed by atoms with Crippen LogP contribution in [0.15, 0.2) is 36.7 Å². The van der Waals surface area contributed by atoms with Crippen LogP contribution in [0, 0.1) is 5.82 Å². The maximum Gasteiger partial charge on any atom is 0.253 e. The number of carbonyl (C=O) groups is 1. The molecule has 1 fully saturated rings. The van der Waals surface area contributed by atoms with E-state index in [1.807, 2.05) is 0 Å². The maximum absolute atomic E-state index is 14.2. The molecule has 0 atom stereocenters. The summed E-state index contributed by atoms with van der Waals surface area (Å²) in [7, 11) is 0. The second kappa shape index (κ2) is 5.65. The number of nitrogens with two attached hydrogens (primary N) is 1. The van der Waals surface area contributed by atoms with Crippen molar-refractivity contribution in [1.82, 2.24) is 14.7 Å². The third-order valence-electron chi connectivity index (χ3n) is 3.77. The van der Waals surface area contributed by atoms with Gasteiger partial charge in [-0.2, -0.15) is 5.10 Å². The molecule has 2 heterocycles. The summed E-state index contributed by atoms with van der Waals surface area (Å²) in [6, 6.07) is 6.36. The highest BCUT2D eigenvalue weighted by Gasteiger charge is 2.22. The molecule has 5 nitrogen and oxygen atoms in total. The van der Waals surface area contributed by atoms with Crippen molar-refractivity contribution in [1.29, 1.82) is 0 Å². The monoisotopic (exact) mass is 288 g/mol. The van der Waals surface area contributed by atoms with Crippen molar-refractivity contribution in [2.75, 3.05) is 13.1 Å². The van der Waals surface area contributed by atoms with Gasteiger partial charge in [-0.15, -0.1) is 0 Å². The lowest BCUT2D eigenvalue weighted by Gasteiger charge is -2.30. The van der Waals surface area contributed by atoms with Crippen molar-refractivity contribution in [3.05, 3.63) is 48.0 Å². The van der Waals surface area contributed by atoms with Crippen LogP contribution in [0.1, 0.15) is 23.2 Å². The van der Waals surface area contributed by atoms with Crippen molar-refractivity contribution in [2.24, 2.45) is 5.73 Å². The van der Waals surface area contributed by atoms with Gasteiger partial charge in [-0.05, 0) is 37.1 Å². The zero-order valence-corrected chi connectivity index (χ0v) is 11.6. The quantitative estimate of drug-likeness (QED) is 0.912. The van der Waals surface area contributed by atoms with Crippen LogP contribution in [0.5, 0.6) is 0 Å². The van der Waals surface area contributed by atoms with Crippen molar-refractivity contribution in [2.45, 2.75) is 18.9 Å². The normalized spacial score (nSPS) is 16.2. The van der Waals surface area contributed by atoms with Gasteiger partial charge in [-0.1, -0.05) is 0 Å². The Kier molecular flexibility index (Phi) is 3.70. The fraction of sp³-hybridized carbons (Fsp3) is 0.333. The molecule has 21 heavy (non-hydrogen) atoms. The standard InChI is InChI=1S/C15H17FN4O/c16-13-10-11(2-3-14(13)20-7-1-6-18-20)15(21)19-8-4-12(17)5-9-19/h1-3,6-7,10,12H,4-5,8-9,17H2. The SMILES string of the molecule is NC1CCN(C(=O)c2ccc(-n3cccn3)c(F)c2)CC1. The summed E-state index contributed by atoms with van der Waals surface area (Å²) in [6.45, 7) is 1.26. The van der Waals surface area contributed by atoms with E-state index in [1.54, 1.807) is 35.5 Å². The number of benzene rings is 1. The molecular formula is C15H17FN4O. The minimum absolute atomic E-state index is 0.146. The number of amides is 1. The highest BCUT2D eigenvalue weighted by molar-refractivity contribution is 5.94. The van der Waals surface area contributed by atoms with Gasteiger partial charge in [-0.3, -0.25) is 4.79 Å². The van der Waals surface area contributed by atoms with E-state index in [2.05, 4.69) is 5.10 Å². The maximum atomic E-state index is 14.2. The molecule has 0 radical (unpaired) electrons. The summed E-state index contributed by atoms with van der Waals surface area (Å²) in [4.78, 5) is 14.1. The molecule has 1 aromatic heterocycles. The van der Waals surface area contributed by atoms with Crippen LogP contribution in [0.2, 0.25) is 0 Å². The van der Waals surface area contributed by atoms with Crippen LogP contribution in [0.25, 0.3) is 5.69 Å². The first-order chi connectivity index (χ1) is 10.1. The van der Waals surface area contributed by atoms with Gasteiger partial charge in [0.05, 0.1) is 0 Å². The number of hydrogen-bond acceptors (Lipinski definition) is 3. The van der Waals surface area contributed by atoms with Crippen LogP contribution in [-0.2, 0) is 0 Å². The molecule has 110 valence electrons. The number of nitrogens with zero attached hydrogens (tertiary/aromatic N) is 3. The van der Waals surface area contributed by atoms with E-state index in [-0.39, 0.29) is 11.9 Å². The Balaban J connectivity index is 1.80. The van der Waals surface area contributed by atoms with Gasteiger partial charge in [0.1, 0.15) is 11.5 Å². The van der Waals surface area contributed by atoms with Crippen LogP contribution in [0.3, 0.4) is 0 Å². The number of rotatable bonds is 2.